The highest BCUT2D eigenvalue weighted by atomic mass is 32.1. The zero-order chi connectivity index (χ0) is 13.9. The summed E-state index contributed by atoms with van der Waals surface area (Å²) in [6.07, 6.45) is 0. The summed E-state index contributed by atoms with van der Waals surface area (Å²) in [5.74, 6) is -0.104. The number of thiophene rings is 1. The number of nitrogens with one attached hydrogen (secondary N) is 1. The fourth-order valence-corrected chi connectivity index (χ4v) is 3.07. The van der Waals surface area contributed by atoms with Crippen molar-refractivity contribution in [2.75, 3.05) is 11.9 Å². The summed E-state index contributed by atoms with van der Waals surface area (Å²) in [6, 6.07) is 13.4. The second kappa shape index (κ2) is 5.48. The Labute approximate surface area is 120 Å². The van der Waals surface area contributed by atoms with Crippen molar-refractivity contribution in [2.24, 2.45) is 5.73 Å². The maximum atomic E-state index is 12.4. The molecule has 2 aromatic heterocycles. The van der Waals surface area contributed by atoms with Gasteiger partial charge in [0.2, 0.25) is 0 Å². The number of carbonyl (C=O) groups excluding carboxylic acids is 1. The molecule has 3 N–H and O–H groups in total. The van der Waals surface area contributed by atoms with Crippen LogP contribution in [-0.4, -0.2) is 17.0 Å². The zero-order valence-electron chi connectivity index (χ0n) is 10.9. The number of hydrogen-bond donors (Lipinski definition) is 2. The summed E-state index contributed by atoms with van der Waals surface area (Å²) in [5.41, 5.74) is 8.17. The summed E-state index contributed by atoms with van der Waals surface area (Å²) < 4.78 is 3.08. The van der Waals surface area contributed by atoms with Gasteiger partial charge >= 0.3 is 0 Å². The lowest BCUT2D eigenvalue weighted by atomic mass is 10.3. The molecule has 3 rings (SSSR count). The van der Waals surface area contributed by atoms with Crippen molar-refractivity contribution in [2.45, 2.75) is 6.54 Å². The van der Waals surface area contributed by atoms with Crippen molar-refractivity contribution in [1.82, 2.24) is 4.57 Å². The van der Waals surface area contributed by atoms with Crippen LogP contribution in [0.5, 0.6) is 0 Å². The number of hydrogen-bond acceptors (Lipinski definition) is 3. The maximum Gasteiger partial charge on any atom is 0.272 e. The second-order valence-corrected chi connectivity index (χ2v) is 5.41. The van der Waals surface area contributed by atoms with Gasteiger partial charge in [-0.05, 0) is 29.6 Å². The van der Waals surface area contributed by atoms with E-state index in [4.69, 9.17) is 5.73 Å². The summed E-state index contributed by atoms with van der Waals surface area (Å²) in [7, 11) is 0. The van der Waals surface area contributed by atoms with Crippen LogP contribution in [0, 0.1) is 0 Å². The van der Waals surface area contributed by atoms with E-state index >= 15 is 0 Å². The van der Waals surface area contributed by atoms with Crippen molar-refractivity contribution in [1.29, 1.82) is 0 Å². The molecule has 3 aromatic rings. The summed E-state index contributed by atoms with van der Waals surface area (Å²) in [6.45, 7) is 1.14. The molecule has 0 bridgehead atoms. The van der Waals surface area contributed by atoms with Gasteiger partial charge in [-0.25, -0.2) is 0 Å². The molecule has 0 spiro atoms. The molecule has 0 unspecified atom stereocenters. The molecule has 2 heterocycles. The Morgan fingerprint density at radius 3 is 2.80 bits per heavy atom. The van der Waals surface area contributed by atoms with Crippen molar-refractivity contribution in [3.05, 3.63) is 53.5 Å². The van der Waals surface area contributed by atoms with Crippen LogP contribution >= 0.6 is 11.3 Å². The van der Waals surface area contributed by atoms with Crippen molar-refractivity contribution < 1.29 is 4.79 Å². The van der Waals surface area contributed by atoms with Gasteiger partial charge in [-0.1, -0.05) is 18.2 Å². The molecular weight excluding hydrogens is 270 g/mol. The minimum absolute atomic E-state index is 0.104. The molecule has 0 aliphatic rings. The van der Waals surface area contributed by atoms with Crippen LogP contribution in [0.1, 0.15) is 10.5 Å². The average molecular weight is 285 g/mol. The van der Waals surface area contributed by atoms with Gasteiger partial charge < -0.3 is 15.6 Å². The Morgan fingerprint density at radius 2 is 2.05 bits per heavy atom. The number of aromatic nitrogens is 1. The molecule has 1 aromatic carbocycles. The third-order valence-electron chi connectivity index (χ3n) is 3.14. The number of benzene rings is 1. The quantitative estimate of drug-likeness (QED) is 0.774. The molecule has 0 saturated heterocycles. The Morgan fingerprint density at radius 1 is 1.25 bits per heavy atom. The fraction of sp³-hybridized carbons (Fsp3) is 0.133. The van der Waals surface area contributed by atoms with Crippen molar-refractivity contribution >= 4 is 33.1 Å². The number of nitrogens with zero attached hydrogens (tertiary/aromatic N) is 1. The number of rotatable bonds is 4. The first kappa shape index (κ1) is 12.9. The molecule has 0 aliphatic carbocycles. The second-order valence-electron chi connectivity index (χ2n) is 4.46. The Hall–Kier alpha value is -2.11. The first-order valence-electron chi connectivity index (χ1n) is 6.43. The summed E-state index contributed by atoms with van der Waals surface area (Å²) in [5, 5.41) is 4.94. The topological polar surface area (TPSA) is 60.0 Å². The van der Waals surface area contributed by atoms with E-state index in [1.807, 2.05) is 52.4 Å². The molecule has 0 saturated carbocycles. The number of anilines is 1. The Balaban J connectivity index is 1.94. The molecular formula is C15H15N3OS. The molecule has 1 amide bonds. The highest BCUT2D eigenvalue weighted by molar-refractivity contribution is 7.17. The smallest absolute Gasteiger partial charge is 0.272 e. The van der Waals surface area contributed by atoms with Gasteiger partial charge in [0.15, 0.2) is 0 Å². The first-order chi connectivity index (χ1) is 9.79. The molecule has 0 radical (unpaired) electrons. The highest BCUT2D eigenvalue weighted by Crippen LogP contribution is 2.25. The third kappa shape index (κ3) is 2.33. The fourth-order valence-electron chi connectivity index (χ4n) is 2.25. The van der Waals surface area contributed by atoms with Gasteiger partial charge in [0.25, 0.3) is 5.91 Å². The predicted octanol–water partition coefficient (Wildman–Crippen LogP) is 2.91. The SMILES string of the molecule is NCCn1c(C(=O)Nc2ccccc2)cc2sccc21. The number of nitrogens with two attached hydrogens (primary N) is 1. The van der Waals surface area contributed by atoms with E-state index in [2.05, 4.69) is 5.32 Å². The van der Waals surface area contributed by atoms with Gasteiger partial charge in [-0.15, -0.1) is 11.3 Å². The van der Waals surface area contributed by atoms with Crippen LogP contribution in [0.2, 0.25) is 0 Å². The maximum absolute atomic E-state index is 12.4. The van der Waals surface area contributed by atoms with Crippen LogP contribution in [-0.2, 0) is 6.54 Å². The number of amides is 1. The number of fused-ring (bicyclic) bond motifs is 1. The van der Waals surface area contributed by atoms with Crippen molar-refractivity contribution in [3.8, 4) is 0 Å². The lowest BCUT2D eigenvalue weighted by molar-refractivity contribution is 0.101. The zero-order valence-corrected chi connectivity index (χ0v) is 11.7. The van der Waals surface area contributed by atoms with Gasteiger partial charge in [0, 0.05) is 18.8 Å². The van der Waals surface area contributed by atoms with Crippen LogP contribution in [0.4, 0.5) is 5.69 Å². The van der Waals surface area contributed by atoms with E-state index in [0.29, 0.717) is 18.8 Å². The third-order valence-corrected chi connectivity index (χ3v) is 3.99. The van der Waals surface area contributed by atoms with E-state index in [0.717, 1.165) is 15.9 Å². The molecule has 5 heteroatoms. The molecule has 4 nitrogen and oxygen atoms in total. The lowest BCUT2D eigenvalue weighted by Crippen LogP contribution is -2.19. The monoisotopic (exact) mass is 285 g/mol. The van der Waals surface area contributed by atoms with Crippen molar-refractivity contribution in [3.63, 3.8) is 0 Å². The van der Waals surface area contributed by atoms with Crippen LogP contribution < -0.4 is 11.1 Å². The summed E-state index contributed by atoms with van der Waals surface area (Å²) in [4.78, 5) is 12.4. The minimum atomic E-state index is -0.104. The standard InChI is InChI=1S/C15H15N3OS/c16-7-8-18-12-6-9-20-14(12)10-13(18)15(19)17-11-4-2-1-3-5-11/h1-6,9-10H,7-8,16H2,(H,17,19). The van der Waals surface area contributed by atoms with E-state index < -0.39 is 0 Å². The molecule has 102 valence electrons. The normalized spacial score (nSPS) is 10.8. The van der Waals surface area contributed by atoms with Gasteiger partial charge in [0.1, 0.15) is 5.69 Å². The van der Waals surface area contributed by atoms with E-state index in [1.165, 1.54) is 0 Å². The lowest BCUT2D eigenvalue weighted by Gasteiger charge is -2.09. The summed E-state index contributed by atoms with van der Waals surface area (Å²) >= 11 is 1.63. The largest absolute Gasteiger partial charge is 0.334 e. The molecule has 0 aliphatic heterocycles. The van der Waals surface area contributed by atoms with E-state index in [-0.39, 0.29) is 5.91 Å². The number of carbonyl (C=O) groups is 1. The first-order valence-corrected chi connectivity index (χ1v) is 7.31. The highest BCUT2D eigenvalue weighted by Gasteiger charge is 2.15. The van der Waals surface area contributed by atoms with E-state index in [1.54, 1.807) is 11.3 Å². The van der Waals surface area contributed by atoms with Gasteiger partial charge in [-0.3, -0.25) is 4.79 Å². The van der Waals surface area contributed by atoms with Crippen LogP contribution in [0.25, 0.3) is 10.2 Å². The predicted molar refractivity (Wildman–Crippen MR) is 83.3 cm³/mol. The van der Waals surface area contributed by atoms with Crippen LogP contribution in [0.15, 0.2) is 47.8 Å². The Kier molecular flexibility index (Phi) is 3.54. The average Bonchev–Trinajstić information content (AvgIpc) is 3.03. The molecule has 0 atom stereocenters. The Bertz CT molecular complexity index is 730. The molecule has 0 fully saturated rings. The van der Waals surface area contributed by atoms with Crippen LogP contribution in [0.3, 0.4) is 0 Å². The van der Waals surface area contributed by atoms with E-state index in [9.17, 15) is 4.79 Å². The number of para-hydroxylation sites is 1. The van der Waals surface area contributed by atoms with Gasteiger partial charge in [-0.2, -0.15) is 0 Å². The molecule has 20 heavy (non-hydrogen) atoms. The van der Waals surface area contributed by atoms with Gasteiger partial charge in [0.05, 0.1) is 10.2 Å². The minimum Gasteiger partial charge on any atom is -0.334 e.